The van der Waals surface area contributed by atoms with E-state index in [4.69, 9.17) is 0 Å². The molecule has 2 nitrogen and oxygen atoms in total. The van der Waals surface area contributed by atoms with E-state index in [1.54, 1.807) is 24.3 Å². The highest BCUT2D eigenvalue weighted by Crippen LogP contribution is 2.35. The number of benzene rings is 2. The molecule has 116 valence electrons. The zero-order chi connectivity index (χ0) is 16.2. The molecule has 0 radical (unpaired) electrons. The molecule has 3 rings (SSSR count). The van der Waals surface area contributed by atoms with Gasteiger partial charge in [-0.1, -0.05) is 49.4 Å². The predicted molar refractivity (Wildman–Crippen MR) is 94.4 cm³/mol. The van der Waals surface area contributed by atoms with Crippen LogP contribution in [0.4, 0.5) is 0 Å². The monoisotopic (exact) mass is 304 g/mol. The maximum Gasteiger partial charge on any atom is 0.115 e. The minimum Gasteiger partial charge on any atom is -0.508 e. The average Bonchev–Trinajstić information content (AvgIpc) is 3.09. The molecule has 1 aliphatic rings. The number of allylic oxidation sites excluding steroid dienone is 5. The van der Waals surface area contributed by atoms with Gasteiger partial charge in [0.05, 0.1) is 0 Å². The van der Waals surface area contributed by atoms with E-state index in [2.05, 4.69) is 25.2 Å². The third-order valence-electron chi connectivity index (χ3n) is 4.09. The Labute approximate surface area is 136 Å². The molecular weight excluding hydrogens is 284 g/mol. The zero-order valence-electron chi connectivity index (χ0n) is 13.2. The van der Waals surface area contributed by atoms with Crippen LogP contribution in [0, 0.1) is 0 Å². The van der Waals surface area contributed by atoms with Gasteiger partial charge in [0.15, 0.2) is 0 Å². The summed E-state index contributed by atoms with van der Waals surface area (Å²) in [6.45, 7) is 2.16. The SMILES string of the molecule is CCC(C1=CCC=C1)=C(c1ccc(O)cc1)c1ccc(O)cc1. The molecule has 23 heavy (non-hydrogen) atoms. The first-order valence-electron chi connectivity index (χ1n) is 7.88. The zero-order valence-corrected chi connectivity index (χ0v) is 13.2. The van der Waals surface area contributed by atoms with Gasteiger partial charge in [-0.05, 0) is 65.0 Å². The van der Waals surface area contributed by atoms with Gasteiger partial charge < -0.3 is 10.2 Å². The van der Waals surface area contributed by atoms with Gasteiger partial charge in [-0.3, -0.25) is 0 Å². The second-order valence-electron chi connectivity index (χ2n) is 5.60. The molecule has 0 saturated carbocycles. The third kappa shape index (κ3) is 3.21. The van der Waals surface area contributed by atoms with Gasteiger partial charge in [0, 0.05) is 0 Å². The van der Waals surface area contributed by atoms with E-state index < -0.39 is 0 Å². The second-order valence-corrected chi connectivity index (χ2v) is 5.60. The first kappa shape index (κ1) is 15.2. The van der Waals surface area contributed by atoms with E-state index in [1.807, 2.05) is 24.3 Å². The van der Waals surface area contributed by atoms with Crippen molar-refractivity contribution in [3.63, 3.8) is 0 Å². The van der Waals surface area contributed by atoms with E-state index in [-0.39, 0.29) is 11.5 Å². The van der Waals surface area contributed by atoms with Crippen molar-refractivity contribution in [3.8, 4) is 11.5 Å². The molecule has 0 aromatic heterocycles. The highest BCUT2D eigenvalue weighted by Gasteiger charge is 2.14. The maximum absolute atomic E-state index is 9.58. The molecule has 0 saturated heterocycles. The van der Waals surface area contributed by atoms with Crippen molar-refractivity contribution in [2.24, 2.45) is 0 Å². The van der Waals surface area contributed by atoms with Crippen molar-refractivity contribution in [2.45, 2.75) is 19.8 Å². The molecule has 2 aromatic carbocycles. The Bertz CT molecular complexity index is 728. The fourth-order valence-electron chi connectivity index (χ4n) is 2.98. The molecule has 0 fully saturated rings. The lowest BCUT2D eigenvalue weighted by atomic mass is 9.88. The Morgan fingerprint density at radius 2 is 1.39 bits per heavy atom. The number of hydrogen-bond donors (Lipinski definition) is 2. The van der Waals surface area contributed by atoms with E-state index in [0.29, 0.717) is 0 Å². The first-order chi connectivity index (χ1) is 11.2. The number of aromatic hydroxyl groups is 2. The highest BCUT2D eigenvalue weighted by atomic mass is 16.3. The van der Waals surface area contributed by atoms with Gasteiger partial charge in [-0.25, -0.2) is 0 Å². The van der Waals surface area contributed by atoms with Gasteiger partial charge in [-0.2, -0.15) is 0 Å². The number of phenols is 2. The van der Waals surface area contributed by atoms with Gasteiger partial charge in [0.25, 0.3) is 0 Å². The second kappa shape index (κ2) is 6.57. The Hall–Kier alpha value is -2.74. The van der Waals surface area contributed by atoms with Crippen molar-refractivity contribution in [1.82, 2.24) is 0 Å². The quantitative estimate of drug-likeness (QED) is 0.815. The summed E-state index contributed by atoms with van der Waals surface area (Å²) in [6.07, 6.45) is 8.44. The van der Waals surface area contributed by atoms with Crippen LogP contribution < -0.4 is 0 Å². The fourth-order valence-corrected chi connectivity index (χ4v) is 2.98. The molecule has 0 unspecified atom stereocenters. The van der Waals surface area contributed by atoms with Crippen LogP contribution in [-0.4, -0.2) is 10.2 Å². The van der Waals surface area contributed by atoms with E-state index in [0.717, 1.165) is 29.5 Å². The van der Waals surface area contributed by atoms with Gasteiger partial charge >= 0.3 is 0 Å². The van der Waals surface area contributed by atoms with Crippen molar-refractivity contribution in [1.29, 1.82) is 0 Å². The van der Waals surface area contributed by atoms with Gasteiger partial charge in [0.2, 0.25) is 0 Å². The van der Waals surface area contributed by atoms with E-state index in [1.165, 1.54) is 11.1 Å². The standard InChI is InChI=1S/C21H20O2/c1-2-20(15-5-3-4-6-15)21(16-7-11-18(22)12-8-16)17-9-13-19(23)14-10-17/h3,5-14,22-23H,2,4H2,1H3. The summed E-state index contributed by atoms with van der Waals surface area (Å²) in [6, 6.07) is 14.6. The summed E-state index contributed by atoms with van der Waals surface area (Å²) in [5, 5.41) is 19.2. The molecule has 0 bridgehead atoms. The molecule has 0 spiro atoms. The van der Waals surface area contributed by atoms with Crippen LogP contribution in [0.1, 0.15) is 30.9 Å². The summed E-state index contributed by atoms with van der Waals surface area (Å²) < 4.78 is 0. The largest absolute Gasteiger partial charge is 0.508 e. The first-order valence-corrected chi connectivity index (χ1v) is 7.88. The lowest BCUT2D eigenvalue weighted by Gasteiger charge is -2.16. The highest BCUT2D eigenvalue weighted by molar-refractivity contribution is 5.85. The Kier molecular flexibility index (Phi) is 4.33. The van der Waals surface area contributed by atoms with Gasteiger partial charge in [-0.15, -0.1) is 0 Å². The topological polar surface area (TPSA) is 40.5 Å². The van der Waals surface area contributed by atoms with Crippen LogP contribution in [0.3, 0.4) is 0 Å². The lowest BCUT2D eigenvalue weighted by molar-refractivity contribution is 0.475. The molecule has 2 N–H and O–H groups in total. The summed E-state index contributed by atoms with van der Waals surface area (Å²) in [5.74, 6) is 0.522. The maximum atomic E-state index is 9.58. The van der Waals surface area contributed by atoms with Crippen LogP contribution in [0.2, 0.25) is 0 Å². The third-order valence-corrected chi connectivity index (χ3v) is 4.09. The molecule has 0 atom stereocenters. The number of rotatable bonds is 4. The molecule has 1 aliphatic carbocycles. The summed E-state index contributed by atoms with van der Waals surface area (Å²) in [7, 11) is 0. The minimum absolute atomic E-state index is 0.261. The van der Waals surface area contributed by atoms with Crippen molar-refractivity contribution in [2.75, 3.05) is 0 Å². The van der Waals surface area contributed by atoms with Gasteiger partial charge in [0.1, 0.15) is 11.5 Å². The van der Waals surface area contributed by atoms with Crippen molar-refractivity contribution >= 4 is 5.57 Å². The van der Waals surface area contributed by atoms with E-state index >= 15 is 0 Å². The normalized spacial score (nSPS) is 13.0. The molecule has 2 heteroatoms. The Morgan fingerprint density at radius 3 is 1.78 bits per heavy atom. The molecule has 2 aromatic rings. The Balaban J connectivity index is 2.22. The van der Waals surface area contributed by atoms with Crippen LogP contribution in [0.25, 0.3) is 5.57 Å². The predicted octanol–water partition coefficient (Wildman–Crippen LogP) is 5.20. The van der Waals surface area contributed by atoms with Crippen LogP contribution in [-0.2, 0) is 0 Å². The molecular formula is C21H20O2. The summed E-state index contributed by atoms with van der Waals surface area (Å²) in [5.41, 5.74) is 5.79. The number of hydrogen-bond acceptors (Lipinski definition) is 2. The van der Waals surface area contributed by atoms with Crippen LogP contribution in [0.5, 0.6) is 11.5 Å². The van der Waals surface area contributed by atoms with Crippen LogP contribution in [0.15, 0.2) is 77.9 Å². The molecule has 0 heterocycles. The average molecular weight is 304 g/mol. The van der Waals surface area contributed by atoms with Crippen LogP contribution >= 0.6 is 0 Å². The summed E-state index contributed by atoms with van der Waals surface area (Å²) in [4.78, 5) is 0. The minimum atomic E-state index is 0.261. The van der Waals surface area contributed by atoms with Crippen molar-refractivity contribution in [3.05, 3.63) is 89.0 Å². The Morgan fingerprint density at radius 1 is 0.870 bits per heavy atom. The molecule has 0 aliphatic heterocycles. The van der Waals surface area contributed by atoms with E-state index in [9.17, 15) is 10.2 Å². The summed E-state index contributed by atoms with van der Waals surface area (Å²) >= 11 is 0. The fraction of sp³-hybridized carbons (Fsp3) is 0.143. The smallest absolute Gasteiger partial charge is 0.115 e. The van der Waals surface area contributed by atoms with Crippen molar-refractivity contribution < 1.29 is 10.2 Å². The molecule has 0 amide bonds. The number of phenolic OH excluding ortho intramolecular Hbond substituents is 2. The lowest BCUT2D eigenvalue weighted by Crippen LogP contribution is -1.96.